The molecule has 1 N–H and O–H groups in total. The molecular weight excluding hydrogens is 182 g/mol. The zero-order chi connectivity index (χ0) is 10.3. The minimum atomic E-state index is -0.816. The summed E-state index contributed by atoms with van der Waals surface area (Å²) in [4.78, 5) is 23.9. The summed E-state index contributed by atoms with van der Waals surface area (Å²) in [6.45, 7) is 1.77. The van der Waals surface area contributed by atoms with Crippen LogP contribution in [0.25, 0.3) is 0 Å². The highest BCUT2D eigenvalue weighted by Crippen LogP contribution is 2.33. The van der Waals surface area contributed by atoms with E-state index in [1.54, 1.807) is 6.92 Å². The fourth-order valence-electron chi connectivity index (χ4n) is 1.82. The summed E-state index contributed by atoms with van der Waals surface area (Å²) in [5.74, 6) is -0.567. The molecule has 0 spiro atoms. The van der Waals surface area contributed by atoms with Crippen LogP contribution in [0.3, 0.4) is 0 Å². The number of rotatable bonds is 2. The molecular formula is C10H13NO3. The predicted molar refractivity (Wildman–Crippen MR) is 49.3 cm³/mol. The molecule has 1 aliphatic carbocycles. The third-order valence-electron chi connectivity index (χ3n) is 2.93. The summed E-state index contributed by atoms with van der Waals surface area (Å²) in [6, 6.07) is 0. The van der Waals surface area contributed by atoms with Gasteiger partial charge >= 0.3 is 0 Å². The van der Waals surface area contributed by atoms with Crippen molar-refractivity contribution in [3.8, 4) is 0 Å². The van der Waals surface area contributed by atoms with Gasteiger partial charge in [0, 0.05) is 11.6 Å². The predicted octanol–water partition coefficient (Wildman–Crippen LogP) is 0.216. The normalized spacial score (nSPS) is 25.0. The van der Waals surface area contributed by atoms with E-state index < -0.39 is 5.60 Å². The van der Waals surface area contributed by atoms with Gasteiger partial charge in [0.05, 0.1) is 12.1 Å². The second kappa shape index (κ2) is 2.92. The van der Waals surface area contributed by atoms with Crippen LogP contribution in [-0.2, 0) is 9.59 Å². The first-order valence-electron chi connectivity index (χ1n) is 4.78. The van der Waals surface area contributed by atoms with E-state index in [0.717, 1.165) is 11.3 Å². The highest BCUT2D eigenvalue weighted by Gasteiger charge is 2.40. The Kier molecular flexibility index (Phi) is 1.96. The molecule has 0 aromatic heterocycles. The van der Waals surface area contributed by atoms with Gasteiger partial charge < -0.3 is 5.11 Å². The Balaban J connectivity index is 2.06. The Bertz CT molecular complexity index is 328. The molecule has 0 atom stereocenters. The van der Waals surface area contributed by atoms with Crippen LogP contribution in [0.5, 0.6) is 0 Å². The molecule has 2 aliphatic rings. The van der Waals surface area contributed by atoms with E-state index in [0.29, 0.717) is 18.4 Å². The SMILES string of the molecule is CC1=CC(=O)N(CC2(O)CCC2)C1=O. The summed E-state index contributed by atoms with van der Waals surface area (Å²) in [6.07, 6.45) is 3.66. The second-order valence-corrected chi connectivity index (χ2v) is 4.13. The van der Waals surface area contributed by atoms with Crippen LogP contribution in [0.2, 0.25) is 0 Å². The van der Waals surface area contributed by atoms with Crippen LogP contribution in [0.15, 0.2) is 11.6 Å². The summed E-state index contributed by atoms with van der Waals surface area (Å²) in [5.41, 5.74) is -0.359. The van der Waals surface area contributed by atoms with Gasteiger partial charge in [-0.1, -0.05) is 0 Å². The zero-order valence-corrected chi connectivity index (χ0v) is 8.12. The van der Waals surface area contributed by atoms with Crippen molar-refractivity contribution in [1.82, 2.24) is 4.90 Å². The molecule has 2 rings (SSSR count). The lowest BCUT2D eigenvalue weighted by molar-refractivity contribution is -0.144. The van der Waals surface area contributed by atoms with Crippen molar-refractivity contribution in [3.63, 3.8) is 0 Å². The first-order valence-corrected chi connectivity index (χ1v) is 4.78. The van der Waals surface area contributed by atoms with Gasteiger partial charge in [-0.25, -0.2) is 0 Å². The average molecular weight is 195 g/mol. The van der Waals surface area contributed by atoms with Crippen LogP contribution in [0.4, 0.5) is 0 Å². The minimum Gasteiger partial charge on any atom is -0.388 e. The molecule has 1 heterocycles. The van der Waals surface area contributed by atoms with Crippen molar-refractivity contribution < 1.29 is 14.7 Å². The lowest BCUT2D eigenvalue weighted by atomic mass is 9.80. The zero-order valence-electron chi connectivity index (χ0n) is 8.12. The Morgan fingerprint density at radius 1 is 1.50 bits per heavy atom. The van der Waals surface area contributed by atoms with Gasteiger partial charge in [-0.3, -0.25) is 14.5 Å². The van der Waals surface area contributed by atoms with E-state index in [9.17, 15) is 14.7 Å². The number of aliphatic hydroxyl groups is 1. The van der Waals surface area contributed by atoms with Crippen molar-refractivity contribution in [3.05, 3.63) is 11.6 Å². The fraction of sp³-hybridized carbons (Fsp3) is 0.600. The Labute approximate surface area is 82.2 Å². The highest BCUT2D eigenvalue weighted by molar-refractivity contribution is 6.15. The number of β-amino-alcohol motifs (C(OH)–C–C–N with tert-alkyl or cyclic N) is 1. The first-order chi connectivity index (χ1) is 6.52. The van der Waals surface area contributed by atoms with Crippen molar-refractivity contribution in [1.29, 1.82) is 0 Å². The van der Waals surface area contributed by atoms with E-state index in [4.69, 9.17) is 0 Å². The summed E-state index contributed by atoms with van der Waals surface area (Å²) < 4.78 is 0. The summed E-state index contributed by atoms with van der Waals surface area (Å²) in [5, 5.41) is 9.82. The molecule has 2 amide bonds. The largest absolute Gasteiger partial charge is 0.388 e. The quantitative estimate of drug-likeness (QED) is 0.641. The first kappa shape index (κ1) is 9.40. The van der Waals surface area contributed by atoms with E-state index in [1.807, 2.05) is 0 Å². The van der Waals surface area contributed by atoms with Crippen molar-refractivity contribution in [2.75, 3.05) is 6.54 Å². The molecule has 0 bridgehead atoms. The Morgan fingerprint density at radius 2 is 2.14 bits per heavy atom. The van der Waals surface area contributed by atoms with Crippen LogP contribution in [-0.4, -0.2) is 34.0 Å². The molecule has 4 nitrogen and oxygen atoms in total. The maximum atomic E-state index is 11.5. The summed E-state index contributed by atoms with van der Waals surface area (Å²) in [7, 11) is 0. The minimum absolute atomic E-state index is 0.151. The topological polar surface area (TPSA) is 57.6 Å². The van der Waals surface area contributed by atoms with Gasteiger partial charge in [-0.05, 0) is 26.2 Å². The van der Waals surface area contributed by atoms with Crippen LogP contribution in [0.1, 0.15) is 26.2 Å². The number of hydrogen-bond acceptors (Lipinski definition) is 3. The number of nitrogens with zero attached hydrogens (tertiary/aromatic N) is 1. The van der Waals surface area contributed by atoms with E-state index in [-0.39, 0.29) is 18.4 Å². The second-order valence-electron chi connectivity index (χ2n) is 4.13. The number of amides is 2. The van der Waals surface area contributed by atoms with Gasteiger partial charge in [0.15, 0.2) is 0 Å². The van der Waals surface area contributed by atoms with E-state index in [1.165, 1.54) is 6.08 Å². The third kappa shape index (κ3) is 1.35. The van der Waals surface area contributed by atoms with E-state index >= 15 is 0 Å². The fourth-order valence-corrected chi connectivity index (χ4v) is 1.82. The van der Waals surface area contributed by atoms with Gasteiger partial charge in [-0.2, -0.15) is 0 Å². The average Bonchev–Trinajstić information content (AvgIpc) is 2.29. The molecule has 4 heteroatoms. The Hall–Kier alpha value is -1.16. The monoisotopic (exact) mass is 195 g/mol. The molecule has 0 aromatic rings. The standard InChI is InChI=1S/C10H13NO3/c1-7-5-8(12)11(9(7)13)6-10(14)3-2-4-10/h5,14H,2-4,6H2,1H3. The highest BCUT2D eigenvalue weighted by atomic mass is 16.3. The number of carbonyl (C=O) groups is 2. The maximum absolute atomic E-state index is 11.5. The molecule has 1 aliphatic heterocycles. The van der Waals surface area contributed by atoms with E-state index in [2.05, 4.69) is 0 Å². The maximum Gasteiger partial charge on any atom is 0.256 e. The van der Waals surface area contributed by atoms with Crippen molar-refractivity contribution in [2.24, 2.45) is 0 Å². The van der Waals surface area contributed by atoms with Crippen molar-refractivity contribution in [2.45, 2.75) is 31.8 Å². The molecule has 0 aromatic carbocycles. The molecule has 1 fully saturated rings. The van der Waals surface area contributed by atoms with Gasteiger partial charge in [0.25, 0.3) is 11.8 Å². The van der Waals surface area contributed by atoms with Crippen LogP contribution >= 0.6 is 0 Å². The van der Waals surface area contributed by atoms with Gasteiger partial charge in [0.2, 0.25) is 0 Å². The molecule has 1 saturated carbocycles. The van der Waals surface area contributed by atoms with Gasteiger partial charge in [0.1, 0.15) is 0 Å². The molecule has 0 radical (unpaired) electrons. The Morgan fingerprint density at radius 3 is 2.50 bits per heavy atom. The van der Waals surface area contributed by atoms with Crippen molar-refractivity contribution >= 4 is 11.8 Å². The molecule has 0 saturated heterocycles. The molecule has 14 heavy (non-hydrogen) atoms. The number of hydrogen-bond donors (Lipinski definition) is 1. The third-order valence-corrected chi connectivity index (χ3v) is 2.93. The summed E-state index contributed by atoms with van der Waals surface area (Å²) >= 11 is 0. The van der Waals surface area contributed by atoms with Crippen LogP contribution < -0.4 is 0 Å². The molecule has 76 valence electrons. The van der Waals surface area contributed by atoms with Crippen LogP contribution in [0, 0.1) is 0 Å². The number of carbonyl (C=O) groups excluding carboxylic acids is 2. The lowest BCUT2D eigenvalue weighted by Gasteiger charge is -2.38. The molecule has 0 unspecified atom stereocenters. The van der Waals surface area contributed by atoms with Gasteiger partial charge in [-0.15, -0.1) is 0 Å². The number of imide groups is 1. The smallest absolute Gasteiger partial charge is 0.256 e. The lowest BCUT2D eigenvalue weighted by Crippen LogP contribution is -2.50.